The molecule has 0 aliphatic carbocycles. The number of rotatable bonds is 6. The van der Waals surface area contributed by atoms with E-state index < -0.39 is 0 Å². The van der Waals surface area contributed by atoms with Gasteiger partial charge in [-0.3, -0.25) is 9.78 Å². The van der Waals surface area contributed by atoms with Crippen molar-refractivity contribution >= 4 is 17.4 Å². The van der Waals surface area contributed by atoms with Crippen LogP contribution >= 0.6 is 0 Å². The van der Waals surface area contributed by atoms with E-state index in [1.807, 2.05) is 20.2 Å². The van der Waals surface area contributed by atoms with Crippen molar-refractivity contribution in [3.8, 4) is 0 Å². The first-order valence-electron chi connectivity index (χ1n) is 6.71. The third-order valence-corrected chi connectivity index (χ3v) is 2.82. The third kappa shape index (κ3) is 4.85. The summed E-state index contributed by atoms with van der Waals surface area (Å²) in [5, 5.41) is 6.00. The van der Waals surface area contributed by atoms with Crippen molar-refractivity contribution in [1.82, 2.24) is 14.9 Å². The predicted molar refractivity (Wildman–Crippen MR) is 83.5 cm³/mol. The van der Waals surface area contributed by atoms with Gasteiger partial charge in [-0.1, -0.05) is 0 Å². The lowest BCUT2D eigenvalue weighted by Gasteiger charge is -2.11. The second kappa shape index (κ2) is 7.35. The van der Waals surface area contributed by atoms with Gasteiger partial charge >= 0.3 is 0 Å². The smallest absolute Gasteiger partial charge is 0.258 e. The van der Waals surface area contributed by atoms with Crippen LogP contribution in [0, 0.1) is 0 Å². The van der Waals surface area contributed by atoms with Crippen LogP contribution in [0.25, 0.3) is 0 Å². The monoisotopic (exact) mass is 285 g/mol. The highest BCUT2D eigenvalue weighted by molar-refractivity contribution is 6.03. The highest BCUT2D eigenvalue weighted by Gasteiger charge is 2.06. The Labute approximate surface area is 124 Å². The van der Waals surface area contributed by atoms with Crippen molar-refractivity contribution < 1.29 is 4.79 Å². The second-order valence-electron chi connectivity index (χ2n) is 4.86. The van der Waals surface area contributed by atoms with Crippen LogP contribution in [0.4, 0.5) is 11.5 Å². The largest absolute Gasteiger partial charge is 0.383 e. The molecule has 0 bridgehead atoms. The Hall–Kier alpha value is -2.47. The molecule has 0 spiro atoms. The fourth-order valence-corrected chi connectivity index (χ4v) is 1.68. The van der Waals surface area contributed by atoms with Crippen LogP contribution in [-0.4, -0.2) is 48.0 Å². The molecular formula is C15H19N5O. The second-order valence-corrected chi connectivity index (χ2v) is 4.86. The molecule has 2 rings (SSSR count). The number of aromatic nitrogens is 2. The molecule has 0 aromatic carbocycles. The van der Waals surface area contributed by atoms with E-state index in [1.54, 1.807) is 30.6 Å². The Morgan fingerprint density at radius 3 is 2.71 bits per heavy atom. The van der Waals surface area contributed by atoms with E-state index in [2.05, 4.69) is 25.5 Å². The molecular weight excluding hydrogens is 266 g/mol. The van der Waals surface area contributed by atoms with Gasteiger partial charge in [0.1, 0.15) is 5.82 Å². The lowest BCUT2D eigenvalue weighted by atomic mass is 10.2. The molecule has 2 N–H and O–H groups in total. The number of carbonyl (C=O) groups excluding carboxylic acids is 1. The van der Waals surface area contributed by atoms with E-state index in [9.17, 15) is 4.79 Å². The minimum atomic E-state index is -0.219. The van der Waals surface area contributed by atoms with Crippen LogP contribution in [0.5, 0.6) is 0 Å². The van der Waals surface area contributed by atoms with Crippen molar-refractivity contribution in [3.63, 3.8) is 0 Å². The summed E-state index contributed by atoms with van der Waals surface area (Å²) in [7, 11) is 4.05. The fourth-order valence-electron chi connectivity index (χ4n) is 1.68. The molecule has 0 saturated carbocycles. The number of hydrogen-bond acceptors (Lipinski definition) is 5. The Kier molecular flexibility index (Phi) is 5.22. The molecule has 0 atom stereocenters. The first-order chi connectivity index (χ1) is 10.1. The molecule has 6 heteroatoms. The molecule has 0 saturated heterocycles. The molecule has 0 aliphatic heterocycles. The van der Waals surface area contributed by atoms with Gasteiger partial charge in [0.15, 0.2) is 0 Å². The van der Waals surface area contributed by atoms with Crippen molar-refractivity contribution in [2.75, 3.05) is 37.8 Å². The highest BCUT2D eigenvalue weighted by Crippen LogP contribution is 2.10. The van der Waals surface area contributed by atoms with Gasteiger partial charge < -0.3 is 15.5 Å². The van der Waals surface area contributed by atoms with E-state index in [4.69, 9.17) is 0 Å². The summed E-state index contributed by atoms with van der Waals surface area (Å²) < 4.78 is 0. The van der Waals surface area contributed by atoms with E-state index in [-0.39, 0.29) is 5.91 Å². The first-order valence-corrected chi connectivity index (χ1v) is 6.71. The van der Waals surface area contributed by atoms with Gasteiger partial charge in [0.05, 0.1) is 17.4 Å². The predicted octanol–water partition coefficient (Wildman–Crippen LogP) is 1.70. The summed E-state index contributed by atoms with van der Waals surface area (Å²) in [5.74, 6) is 0.297. The van der Waals surface area contributed by atoms with Crippen LogP contribution in [0.2, 0.25) is 0 Å². The molecule has 110 valence electrons. The molecule has 0 aliphatic rings. The van der Waals surface area contributed by atoms with Crippen LogP contribution in [0.15, 0.2) is 42.9 Å². The van der Waals surface area contributed by atoms with Crippen LogP contribution in [0.3, 0.4) is 0 Å². The molecule has 6 nitrogen and oxygen atoms in total. The van der Waals surface area contributed by atoms with Gasteiger partial charge in [0, 0.05) is 25.5 Å². The average Bonchev–Trinajstić information content (AvgIpc) is 2.49. The average molecular weight is 285 g/mol. The maximum atomic E-state index is 11.9. The highest BCUT2D eigenvalue weighted by atomic mass is 16.1. The normalized spacial score (nSPS) is 10.4. The molecule has 0 fully saturated rings. The molecule has 0 radical (unpaired) electrons. The summed E-state index contributed by atoms with van der Waals surface area (Å²) in [4.78, 5) is 22.2. The number of hydrogen-bond donors (Lipinski definition) is 2. The minimum Gasteiger partial charge on any atom is -0.383 e. The Balaban J connectivity index is 1.89. The summed E-state index contributed by atoms with van der Waals surface area (Å²) in [6.07, 6.45) is 4.85. The lowest BCUT2D eigenvalue weighted by Crippen LogP contribution is -2.20. The summed E-state index contributed by atoms with van der Waals surface area (Å²) in [6.45, 7) is 1.79. The fraction of sp³-hybridized carbons (Fsp3) is 0.267. The van der Waals surface area contributed by atoms with Gasteiger partial charge in [0.25, 0.3) is 5.91 Å². The van der Waals surface area contributed by atoms with Crippen molar-refractivity contribution in [2.45, 2.75) is 0 Å². The number of amides is 1. The van der Waals surface area contributed by atoms with E-state index in [0.717, 1.165) is 18.8 Å². The van der Waals surface area contributed by atoms with Crippen molar-refractivity contribution in [3.05, 3.63) is 48.4 Å². The first kappa shape index (κ1) is 14.9. The van der Waals surface area contributed by atoms with Gasteiger partial charge in [-0.2, -0.15) is 0 Å². The topological polar surface area (TPSA) is 70.2 Å². The summed E-state index contributed by atoms with van der Waals surface area (Å²) >= 11 is 0. The Morgan fingerprint density at radius 1 is 1.24 bits per heavy atom. The van der Waals surface area contributed by atoms with Crippen LogP contribution < -0.4 is 10.6 Å². The van der Waals surface area contributed by atoms with E-state index >= 15 is 0 Å². The number of nitrogens with one attached hydrogen (secondary N) is 2. The van der Waals surface area contributed by atoms with Crippen LogP contribution in [0.1, 0.15) is 10.4 Å². The zero-order valence-corrected chi connectivity index (χ0v) is 12.2. The molecule has 0 unspecified atom stereocenters. The number of nitrogens with zero attached hydrogens (tertiary/aromatic N) is 3. The van der Waals surface area contributed by atoms with Crippen molar-refractivity contribution in [1.29, 1.82) is 0 Å². The third-order valence-electron chi connectivity index (χ3n) is 2.82. The van der Waals surface area contributed by atoms with Gasteiger partial charge in [-0.15, -0.1) is 0 Å². The van der Waals surface area contributed by atoms with E-state index in [0.29, 0.717) is 11.4 Å². The number of pyridine rings is 2. The maximum absolute atomic E-state index is 11.9. The van der Waals surface area contributed by atoms with Gasteiger partial charge in [-0.25, -0.2) is 4.98 Å². The standard InChI is InChI=1S/C15H19N5O/c1-20(2)9-8-17-13-5-6-14(18-11-13)19-15(21)12-4-3-7-16-10-12/h3-7,10-11,17H,8-9H2,1-2H3,(H,18,19,21). The lowest BCUT2D eigenvalue weighted by molar-refractivity contribution is 0.102. The van der Waals surface area contributed by atoms with E-state index in [1.165, 1.54) is 6.20 Å². The summed E-state index contributed by atoms with van der Waals surface area (Å²) in [6, 6.07) is 7.09. The maximum Gasteiger partial charge on any atom is 0.258 e. The number of carbonyl (C=O) groups is 1. The number of anilines is 2. The van der Waals surface area contributed by atoms with Gasteiger partial charge in [-0.05, 0) is 38.4 Å². The molecule has 2 aromatic rings. The molecule has 2 heterocycles. The molecule has 21 heavy (non-hydrogen) atoms. The Bertz CT molecular complexity index is 568. The zero-order valence-electron chi connectivity index (χ0n) is 12.2. The molecule has 2 aromatic heterocycles. The zero-order chi connectivity index (χ0) is 15.1. The summed E-state index contributed by atoms with van der Waals surface area (Å²) in [5.41, 5.74) is 1.43. The van der Waals surface area contributed by atoms with Crippen LogP contribution in [-0.2, 0) is 0 Å². The SMILES string of the molecule is CN(C)CCNc1ccc(NC(=O)c2cccnc2)nc1. The van der Waals surface area contributed by atoms with Crippen molar-refractivity contribution in [2.24, 2.45) is 0 Å². The van der Waals surface area contributed by atoms with Gasteiger partial charge in [0.2, 0.25) is 0 Å². The molecule has 1 amide bonds. The quantitative estimate of drug-likeness (QED) is 0.845. The number of likely N-dealkylation sites (N-methyl/N-ethyl adjacent to an activating group) is 1. The minimum absolute atomic E-state index is 0.219. The Morgan fingerprint density at radius 2 is 2.10 bits per heavy atom.